The second kappa shape index (κ2) is 11.9. The maximum absolute atomic E-state index is 13.9. The zero-order chi connectivity index (χ0) is 28.2. The van der Waals surface area contributed by atoms with Gasteiger partial charge in [-0.3, -0.25) is 9.59 Å². The van der Waals surface area contributed by atoms with Gasteiger partial charge < -0.3 is 24.6 Å². The number of hydrogen-bond acceptors (Lipinski definition) is 5. The second-order valence-electron chi connectivity index (χ2n) is 11.3. The molecule has 3 aromatic carbocycles. The molecule has 2 amide bonds. The van der Waals surface area contributed by atoms with E-state index in [4.69, 9.17) is 4.74 Å². The second-order valence-corrected chi connectivity index (χ2v) is 11.3. The number of likely N-dealkylation sites (tertiary alicyclic amines) is 1. The number of ether oxygens (including phenoxy) is 1. The molecule has 3 aliphatic rings. The van der Waals surface area contributed by atoms with Gasteiger partial charge in [-0.2, -0.15) is 0 Å². The maximum atomic E-state index is 13.9. The lowest BCUT2D eigenvalue weighted by Gasteiger charge is -2.41. The number of nitrogens with one attached hydrogen (secondary N) is 1. The molecular formula is C34H37N3O4. The summed E-state index contributed by atoms with van der Waals surface area (Å²) in [6, 6.07) is 25.6. The van der Waals surface area contributed by atoms with Gasteiger partial charge in [-0.25, -0.2) is 0 Å². The Bertz CT molecular complexity index is 1400. The number of fused-ring (bicyclic) bond motifs is 1. The quantitative estimate of drug-likeness (QED) is 0.462. The Morgan fingerprint density at radius 1 is 0.829 bits per heavy atom. The van der Waals surface area contributed by atoms with Crippen LogP contribution >= 0.6 is 0 Å². The highest BCUT2D eigenvalue weighted by atomic mass is 16.5. The highest BCUT2D eigenvalue weighted by Crippen LogP contribution is 2.46. The summed E-state index contributed by atoms with van der Waals surface area (Å²) in [7, 11) is 0. The summed E-state index contributed by atoms with van der Waals surface area (Å²) in [4.78, 5) is 43.9. The molecule has 1 aliphatic carbocycles. The third kappa shape index (κ3) is 5.26. The van der Waals surface area contributed by atoms with Crippen LogP contribution in [0.3, 0.4) is 0 Å². The van der Waals surface area contributed by atoms with Crippen molar-refractivity contribution in [3.8, 4) is 0 Å². The van der Waals surface area contributed by atoms with Gasteiger partial charge in [0.2, 0.25) is 5.91 Å². The fourth-order valence-electron chi connectivity index (χ4n) is 6.83. The summed E-state index contributed by atoms with van der Waals surface area (Å²) in [5.74, 6) is -0.217. The molecule has 0 saturated carbocycles. The number of carbonyl (C=O) groups excluding carboxylic acids is 3. The van der Waals surface area contributed by atoms with Crippen LogP contribution in [-0.2, 0) is 19.7 Å². The Balaban J connectivity index is 1.12. The van der Waals surface area contributed by atoms with Crippen LogP contribution < -0.4 is 10.2 Å². The molecule has 0 radical (unpaired) electrons. The van der Waals surface area contributed by atoms with Gasteiger partial charge in [0.05, 0.1) is 30.1 Å². The maximum Gasteiger partial charge on any atom is 0.253 e. The largest absolute Gasteiger partial charge is 0.378 e. The SMILES string of the molecule is O=CC1(c2ccccc2)CCC(C(=O)N2CCC(NC(=O)c3ccccc3N3CCOCC3)CC2)c2ccccc21. The lowest BCUT2D eigenvalue weighted by molar-refractivity contribution is -0.134. The van der Waals surface area contributed by atoms with Gasteiger partial charge >= 0.3 is 0 Å². The standard InChI is InChI=1S/C34H37N3O4/c38-24-34(25-8-2-1-3-9-25)17-14-28(27-10-4-6-12-30(27)34)33(40)37-18-15-26(16-19-37)35-32(39)29-11-5-7-13-31(29)36-20-22-41-23-21-36/h1-13,24,26,28H,14-23H2,(H,35,39). The number of morpholine rings is 1. The van der Waals surface area contributed by atoms with E-state index in [1.165, 1.54) is 0 Å². The van der Waals surface area contributed by atoms with E-state index in [0.29, 0.717) is 57.6 Å². The molecule has 2 heterocycles. The van der Waals surface area contributed by atoms with Crippen molar-refractivity contribution in [1.29, 1.82) is 0 Å². The number of amides is 2. The number of piperidine rings is 1. The van der Waals surface area contributed by atoms with Crippen molar-refractivity contribution in [2.45, 2.75) is 43.1 Å². The minimum atomic E-state index is -0.733. The molecule has 2 atom stereocenters. The van der Waals surface area contributed by atoms with Crippen molar-refractivity contribution >= 4 is 23.8 Å². The van der Waals surface area contributed by atoms with Crippen LogP contribution in [0.15, 0.2) is 78.9 Å². The van der Waals surface area contributed by atoms with E-state index >= 15 is 0 Å². The van der Waals surface area contributed by atoms with Gasteiger partial charge in [-0.1, -0.05) is 66.7 Å². The average molecular weight is 552 g/mol. The van der Waals surface area contributed by atoms with E-state index in [0.717, 1.165) is 41.8 Å². The van der Waals surface area contributed by atoms with Crippen molar-refractivity contribution in [2.24, 2.45) is 0 Å². The molecule has 2 fully saturated rings. The van der Waals surface area contributed by atoms with E-state index in [1.54, 1.807) is 0 Å². The first kappa shape index (κ1) is 27.2. The number of aldehydes is 1. The summed E-state index contributed by atoms with van der Waals surface area (Å²) in [6.07, 6.45) is 3.72. The number of carbonyl (C=O) groups is 3. The fraction of sp³-hybridized carbons (Fsp3) is 0.382. The number of para-hydroxylation sites is 1. The molecule has 6 rings (SSSR count). The van der Waals surface area contributed by atoms with Gasteiger partial charge in [-0.05, 0) is 54.5 Å². The number of hydrogen-bond donors (Lipinski definition) is 1. The predicted octanol–water partition coefficient (Wildman–Crippen LogP) is 4.31. The van der Waals surface area contributed by atoms with Gasteiger partial charge in [0.25, 0.3) is 5.91 Å². The number of benzene rings is 3. The minimum Gasteiger partial charge on any atom is -0.378 e. The molecule has 41 heavy (non-hydrogen) atoms. The summed E-state index contributed by atoms with van der Waals surface area (Å²) in [5.41, 5.74) is 3.76. The van der Waals surface area contributed by atoms with Crippen molar-refractivity contribution in [3.63, 3.8) is 0 Å². The van der Waals surface area contributed by atoms with Crippen LogP contribution in [0.1, 0.15) is 58.6 Å². The average Bonchev–Trinajstić information content (AvgIpc) is 3.05. The summed E-state index contributed by atoms with van der Waals surface area (Å²) in [5, 5.41) is 3.23. The van der Waals surface area contributed by atoms with Crippen LogP contribution in [0.25, 0.3) is 0 Å². The molecule has 0 spiro atoms. The van der Waals surface area contributed by atoms with Gasteiger partial charge in [-0.15, -0.1) is 0 Å². The van der Waals surface area contributed by atoms with Crippen molar-refractivity contribution in [1.82, 2.24) is 10.2 Å². The molecule has 0 bridgehead atoms. The zero-order valence-electron chi connectivity index (χ0n) is 23.3. The third-order valence-corrected chi connectivity index (χ3v) is 9.07. The molecule has 2 aliphatic heterocycles. The van der Waals surface area contributed by atoms with Gasteiger partial charge in [0.15, 0.2) is 0 Å². The predicted molar refractivity (Wildman–Crippen MR) is 158 cm³/mol. The van der Waals surface area contributed by atoms with Crippen molar-refractivity contribution in [3.05, 3.63) is 101 Å². The molecule has 7 heteroatoms. The first-order valence-electron chi connectivity index (χ1n) is 14.7. The number of nitrogens with zero attached hydrogens (tertiary/aromatic N) is 2. The van der Waals surface area contributed by atoms with Crippen LogP contribution in [-0.4, -0.2) is 68.4 Å². The summed E-state index contributed by atoms with van der Waals surface area (Å²) in [6.45, 7) is 4.07. The molecular weight excluding hydrogens is 514 g/mol. The monoisotopic (exact) mass is 551 g/mol. The molecule has 1 N–H and O–H groups in total. The Hall–Kier alpha value is -3.97. The summed E-state index contributed by atoms with van der Waals surface area (Å²) < 4.78 is 5.48. The van der Waals surface area contributed by atoms with E-state index < -0.39 is 5.41 Å². The van der Waals surface area contributed by atoms with Crippen molar-refractivity contribution < 1.29 is 19.1 Å². The molecule has 0 aromatic heterocycles. The van der Waals surface area contributed by atoms with Gasteiger partial charge in [0.1, 0.15) is 6.29 Å². The molecule has 212 valence electrons. The Kier molecular flexibility index (Phi) is 7.88. The number of rotatable bonds is 6. The Labute approximate surface area is 241 Å². The Morgan fingerprint density at radius 2 is 1.51 bits per heavy atom. The van der Waals surface area contributed by atoms with E-state index in [2.05, 4.69) is 10.2 Å². The number of anilines is 1. The van der Waals surface area contributed by atoms with Crippen LogP contribution in [0.4, 0.5) is 5.69 Å². The Morgan fingerprint density at radius 3 is 2.27 bits per heavy atom. The highest BCUT2D eigenvalue weighted by molar-refractivity contribution is 6.00. The van der Waals surface area contributed by atoms with Crippen LogP contribution in [0, 0.1) is 0 Å². The fourth-order valence-corrected chi connectivity index (χ4v) is 6.83. The molecule has 3 aromatic rings. The zero-order valence-corrected chi connectivity index (χ0v) is 23.3. The first-order valence-corrected chi connectivity index (χ1v) is 14.7. The molecule has 2 unspecified atom stereocenters. The van der Waals surface area contributed by atoms with E-state index in [1.807, 2.05) is 83.8 Å². The molecule has 2 saturated heterocycles. The normalized spacial score (nSPS) is 23.0. The third-order valence-electron chi connectivity index (χ3n) is 9.07. The van der Waals surface area contributed by atoms with E-state index in [9.17, 15) is 14.4 Å². The first-order chi connectivity index (χ1) is 20.1. The van der Waals surface area contributed by atoms with E-state index in [-0.39, 0.29) is 23.8 Å². The topological polar surface area (TPSA) is 79.0 Å². The lowest BCUT2D eigenvalue weighted by atomic mass is 9.64. The summed E-state index contributed by atoms with van der Waals surface area (Å²) >= 11 is 0. The van der Waals surface area contributed by atoms with Crippen LogP contribution in [0.2, 0.25) is 0 Å². The van der Waals surface area contributed by atoms with Crippen molar-refractivity contribution in [2.75, 3.05) is 44.3 Å². The smallest absolute Gasteiger partial charge is 0.253 e. The lowest BCUT2D eigenvalue weighted by Crippen LogP contribution is -2.49. The van der Waals surface area contributed by atoms with Gasteiger partial charge in [0, 0.05) is 37.9 Å². The minimum absolute atomic E-state index is 0.0173. The van der Waals surface area contributed by atoms with Crippen LogP contribution in [0.5, 0.6) is 0 Å². The molecule has 7 nitrogen and oxygen atoms in total. The highest BCUT2D eigenvalue weighted by Gasteiger charge is 2.44.